The van der Waals surface area contributed by atoms with Gasteiger partial charge in [0.25, 0.3) is 19.4 Å². The van der Waals surface area contributed by atoms with Crippen molar-refractivity contribution >= 4 is 77.7 Å². The summed E-state index contributed by atoms with van der Waals surface area (Å²) < 4.78 is 32.3. The molecule has 1 fully saturated rings. The molecule has 40 heavy (non-hydrogen) atoms. The van der Waals surface area contributed by atoms with Crippen molar-refractivity contribution in [3.05, 3.63) is 75.6 Å². The van der Waals surface area contributed by atoms with Crippen LogP contribution in [-0.2, 0) is 14.8 Å². The van der Waals surface area contributed by atoms with Gasteiger partial charge in [-0.25, -0.2) is 13.4 Å². The molecule has 212 valence electrons. The molecule has 0 radical (unpaired) electrons. The van der Waals surface area contributed by atoms with Crippen molar-refractivity contribution in [1.29, 1.82) is 0 Å². The van der Waals surface area contributed by atoms with E-state index < -0.39 is 13.9 Å². The summed E-state index contributed by atoms with van der Waals surface area (Å²) in [5.41, 5.74) is 1.04. The van der Waals surface area contributed by atoms with Crippen LogP contribution in [0.1, 0.15) is 0 Å². The van der Waals surface area contributed by atoms with Crippen LogP contribution >= 0.6 is 45.5 Å². The average molecular weight is 717 g/mol. The van der Waals surface area contributed by atoms with Crippen LogP contribution in [-0.4, -0.2) is 71.2 Å². The van der Waals surface area contributed by atoms with E-state index in [-0.39, 0.29) is 9.77 Å². The molecule has 3 aromatic heterocycles. The second kappa shape index (κ2) is 12.3. The predicted octanol–water partition coefficient (Wildman–Crippen LogP) is 3.27. The van der Waals surface area contributed by atoms with Crippen LogP contribution < -0.4 is 20.9 Å². The number of rotatable bonds is 10. The van der Waals surface area contributed by atoms with Crippen LogP contribution in [0.3, 0.4) is 0 Å². The van der Waals surface area contributed by atoms with Crippen LogP contribution in [0.2, 0.25) is 4.34 Å². The number of hydrogen-bond donors (Lipinski definition) is 4. The van der Waals surface area contributed by atoms with Gasteiger partial charge in [-0.1, -0.05) is 11.6 Å². The summed E-state index contributed by atoms with van der Waals surface area (Å²) in [6.45, 7) is 5.13. The standard InChI is InChI=1S/C25H26ClIN6O5S2/c26-21-4-6-23(39-21)40(36,37)31-25(27,35)30-19-2-5-22(29-16-19)33-9-7-17-15-18(1-3-20(17)24(33)34)28-8-10-32-11-13-38-14-12-32/h1-7,9,15-16,28,30-31,35H,8,10-14H2. The van der Waals surface area contributed by atoms with E-state index in [0.717, 1.165) is 61.8 Å². The highest BCUT2D eigenvalue weighted by Crippen LogP contribution is 2.28. The summed E-state index contributed by atoms with van der Waals surface area (Å²) in [4.78, 5) is 19.9. The quantitative estimate of drug-likeness (QED) is 0.0844. The number of anilines is 2. The first kappa shape index (κ1) is 29.2. The van der Waals surface area contributed by atoms with Crippen LogP contribution in [0.25, 0.3) is 16.6 Å². The first-order valence-corrected chi connectivity index (χ1v) is 16.0. The van der Waals surface area contributed by atoms with E-state index in [2.05, 4.69) is 25.2 Å². The molecule has 1 atom stereocenters. The minimum atomic E-state index is -4.02. The molecule has 0 spiro atoms. The zero-order chi connectivity index (χ0) is 28.3. The fraction of sp³-hybridized carbons (Fsp3) is 0.280. The zero-order valence-corrected chi connectivity index (χ0v) is 25.6. The predicted molar refractivity (Wildman–Crippen MR) is 165 cm³/mol. The van der Waals surface area contributed by atoms with E-state index in [1.807, 2.05) is 18.2 Å². The highest BCUT2D eigenvalue weighted by molar-refractivity contribution is 14.1. The average Bonchev–Trinajstić information content (AvgIpc) is 3.37. The van der Waals surface area contributed by atoms with Crippen molar-refractivity contribution in [2.45, 2.75) is 8.06 Å². The highest BCUT2D eigenvalue weighted by Gasteiger charge is 2.31. The molecule has 4 aromatic rings. The van der Waals surface area contributed by atoms with E-state index in [1.54, 1.807) is 24.4 Å². The molecule has 1 aliphatic heterocycles. The van der Waals surface area contributed by atoms with Gasteiger partial charge >= 0.3 is 0 Å². The normalized spacial score (nSPS) is 16.1. The zero-order valence-electron chi connectivity index (χ0n) is 21.0. The Bertz CT molecular complexity index is 1660. The van der Waals surface area contributed by atoms with Crippen LogP contribution in [0.15, 0.2) is 69.9 Å². The Morgan fingerprint density at radius 2 is 1.90 bits per heavy atom. The van der Waals surface area contributed by atoms with Gasteiger partial charge in [-0.15, -0.1) is 11.3 Å². The van der Waals surface area contributed by atoms with E-state index in [4.69, 9.17) is 16.3 Å². The van der Waals surface area contributed by atoms with Crippen molar-refractivity contribution in [3.63, 3.8) is 0 Å². The lowest BCUT2D eigenvalue weighted by atomic mass is 10.1. The third kappa shape index (κ3) is 7.12. The molecule has 0 aliphatic carbocycles. The van der Waals surface area contributed by atoms with Gasteiger partial charge in [0.15, 0.2) is 0 Å². The van der Waals surface area contributed by atoms with Crippen molar-refractivity contribution in [1.82, 2.24) is 19.2 Å². The Hall–Kier alpha value is -2.31. The molecule has 1 aromatic carbocycles. The maximum Gasteiger partial charge on any atom is 0.264 e. The number of thiophene rings is 1. The number of morpholine rings is 1. The highest BCUT2D eigenvalue weighted by atomic mass is 127. The number of pyridine rings is 2. The number of nitrogens with one attached hydrogen (secondary N) is 3. The number of ether oxygens (including phenoxy) is 1. The minimum Gasteiger partial charge on any atom is -0.384 e. The Morgan fingerprint density at radius 1 is 1.12 bits per heavy atom. The smallest absolute Gasteiger partial charge is 0.264 e. The summed E-state index contributed by atoms with van der Waals surface area (Å²) in [5, 5.41) is 18.1. The SMILES string of the molecule is O=c1c2ccc(NCCN3CCOCC3)cc2ccn1-c1ccc(NC(O)(I)NS(=O)(=O)c2ccc(Cl)s2)cn1. The molecule has 0 amide bonds. The lowest BCUT2D eigenvalue weighted by molar-refractivity contribution is 0.0398. The largest absolute Gasteiger partial charge is 0.384 e. The van der Waals surface area contributed by atoms with Gasteiger partial charge < -0.3 is 20.5 Å². The first-order chi connectivity index (χ1) is 19.1. The second-order valence-corrected chi connectivity index (χ2v) is 14.2. The lowest BCUT2D eigenvalue weighted by Crippen LogP contribution is -2.48. The fourth-order valence-corrected chi connectivity index (χ4v) is 7.89. The van der Waals surface area contributed by atoms with Crippen LogP contribution in [0, 0.1) is 0 Å². The number of aliphatic hydroxyl groups is 1. The third-order valence-corrected chi connectivity index (χ3v) is 10.2. The third-order valence-electron chi connectivity index (χ3n) is 6.15. The Labute approximate surface area is 253 Å². The van der Waals surface area contributed by atoms with Crippen molar-refractivity contribution in [3.8, 4) is 5.82 Å². The summed E-state index contributed by atoms with van der Waals surface area (Å²) in [6.07, 6.45) is 3.06. The van der Waals surface area contributed by atoms with Gasteiger partial charge in [-0.3, -0.25) is 14.3 Å². The lowest BCUT2D eigenvalue weighted by Gasteiger charge is -2.26. The second-order valence-electron chi connectivity index (χ2n) is 8.99. The molecule has 4 N–H and O–H groups in total. The monoisotopic (exact) mass is 716 g/mol. The number of fused-ring (bicyclic) bond motifs is 1. The number of sulfonamides is 1. The first-order valence-electron chi connectivity index (χ1n) is 12.2. The van der Waals surface area contributed by atoms with E-state index in [1.165, 1.54) is 45.5 Å². The van der Waals surface area contributed by atoms with Gasteiger partial charge in [0.05, 0.1) is 29.4 Å². The topological polar surface area (TPSA) is 138 Å². The van der Waals surface area contributed by atoms with Gasteiger partial charge in [0, 0.05) is 43.4 Å². The van der Waals surface area contributed by atoms with E-state index in [9.17, 15) is 18.3 Å². The maximum absolute atomic E-state index is 13.2. The molecule has 0 bridgehead atoms. The van der Waals surface area contributed by atoms with Crippen LogP contribution in [0.5, 0.6) is 0 Å². The summed E-state index contributed by atoms with van der Waals surface area (Å²) in [6, 6.07) is 13.5. The molecular weight excluding hydrogens is 691 g/mol. The van der Waals surface area contributed by atoms with E-state index in [0.29, 0.717) is 21.2 Å². The van der Waals surface area contributed by atoms with Gasteiger partial charge in [0.1, 0.15) is 10.0 Å². The summed E-state index contributed by atoms with van der Waals surface area (Å²) in [7, 11) is -4.02. The number of nitrogens with zero attached hydrogens (tertiary/aromatic N) is 3. The van der Waals surface area contributed by atoms with Crippen molar-refractivity contribution in [2.24, 2.45) is 0 Å². The fourth-order valence-electron chi connectivity index (χ4n) is 4.21. The molecule has 4 heterocycles. The maximum atomic E-state index is 13.2. The molecular formula is C25H26ClIN6O5S2. The number of halogens is 2. The molecule has 1 unspecified atom stereocenters. The minimum absolute atomic E-state index is 0.0329. The summed E-state index contributed by atoms with van der Waals surface area (Å²) >= 11 is 8.23. The molecule has 11 nitrogen and oxygen atoms in total. The molecule has 5 rings (SSSR count). The van der Waals surface area contributed by atoms with E-state index >= 15 is 0 Å². The van der Waals surface area contributed by atoms with Gasteiger partial charge in [-0.2, -0.15) is 4.72 Å². The van der Waals surface area contributed by atoms with Gasteiger partial charge in [-0.05, 0) is 76.5 Å². The Morgan fingerprint density at radius 3 is 2.60 bits per heavy atom. The van der Waals surface area contributed by atoms with Crippen LogP contribution in [0.4, 0.5) is 11.4 Å². The molecule has 1 aliphatic rings. The Balaban J connectivity index is 1.25. The molecule has 0 saturated carbocycles. The summed E-state index contributed by atoms with van der Waals surface area (Å²) in [5.74, 6) is 0.371. The number of hydrogen-bond acceptors (Lipinski definition) is 10. The Kier molecular flexibility index (Phi) is 8.96. The molecule has 1 saturated heterocycles. The van der Waals surface area contributed by atoms with Crippen molar-refractivity contribution < 1.29 is 18.3 Å². The van der Waals surface area contributed by atoms with Crippen molar-refractivity contribution in [2.75, 3.05) is 50.0 Å². The number of alkyl halides is 1. The molecule has 15 heteroatoms. The number of benzene rings is 1. The number of aromatic nitrogens is 2. The van der Waals surface area contributed by atoms with Gasteiger partial charge in [0.2, 0.25) is 0 Å².